The zero-order chi connectivity index (χ0) is 14.8. The molecule has 0 radical (unpaired) electrons. The standard InChI is InChI=1S/C16H28N2OS/c1-15(2,3)13-11-20-14(18-13)9-12(17-4)10-16(19-5)7-6-8-16/h11-12,17H,6-10H2,1-5H3. The third kappa shape index (κ3) is 3.60. The van der Waals surface area contributed by atoms with Crippen LogP contribution >= 0.6 is 11.3 Å². The number of hydrogen-bond acceptors (Lipinski definition) is 4. The lowest BCUT2D eigenvalue weighted by Crippen LogP contribution is -2.45. The van der Waals surface area contributed by atoms with Crippen LogP contribution in [0.15, 0.2) is 5.38 Å². The highest BCUT2D eigenvalue weighted by molar-refractivity contribution is 7.09. The number of thiazole rings is 1. The van der Waals surface area contributed by atoms with Crippen molar-refractivity contribution in [3.8, 4) is 0 Å². The van der Waals surface area contributed by atoms with Gasteiger partial charge in [-0.05, 0) is 32.7 Å². The minimum absolute atomic E-state index is 0.123. The highest BCUT2D eigenvalue weighted by Crippen LogP contribution is 2.39. The van der Waals surface area contributed by atoms with E-state index in [-0.39, 0.29) is 11.0 Å². The molecule has 0 aliphatic heterocycles. The Bertz CT molecular complexity index is 426. The summed E-state index contributed by atoms with van der Waals surface area (Å²) in [5, 5.41) is 6.89. The van der Waals surface area contributed by atoms with Crippen LogP contribution in [0.25, 0.3) is 0 Å². The first kappa shape index (κ1) is 15.9. The molecule has 4 heteroatoms. The third-order valence-corrected chi connectivity index (χ3v) is 5.34. The molecule has 1 atom stereocenters. The maximum Gasteiger partial charge on any atom is 0.0944 e. The fourth-order valence-corrected chi connectivity index (χ4v) is 3.85. The first-order chi connectivity index (χ1) is 9.38. The summed E-state index contributed by atoms with van der Waals surface area (Å²) in [5.74, 6) is 0. The molecule has 1 saturated carbocycles. The van der Waals surface area contributed by atoms with E-state index in [1.165, 1.54) is 30.0 Å². The van der Waals surface area contributed by atoms with Gasteiger partial charge in [-0.25, -0.2) is 4.98 Å². The molecule has 1 fully saturated rings. The highest BCUT2D eigenvalue weighted by Gasteiger charge is 2.38. The lowest BCUT2D eigenvalue weighted by molar-refractivity contribution is -0.0830. The average Bonchev–Trinajstić information content (AvgIpc) is 2.80. The lowest BCUT2D eigenvalue weighted by atomic mass is 9.75. The summed E-state index contributed by atoms with van der Waals surface area (Å²) in [6.45, 7) is 6.65. The summed E-state index contributed by atoms with van der Waals surface area (Å²) in [5.41, 5.74) is 1.47. The SMILES string of the molecule is CNC(Cc1nc(C(C)(C)C)cs1)CC1(OC)CCC1. The fraction of sp³-hybridized carbons (Fsp3) is 0.812. The summed E-state index contributed by atoms with van der Waals surface area (Å²) >= 11 is 1.79. The summed E-state index contributed by atoms with van der Waals surface area (Å²) < 4.78 is 5.75. The van der Waals surface area contributed by atoms with Crippen LogP contribution in [0.5, 0.6) is 0 Å². The van der Waals surface area contributed by atoms with Crippen molar-refractivity contribution >= 4 is 11.3 Å². The Morgan fingerprint density at radius 1 is 1.45 bits per heavy atom. The van der Waals surface area contributed by atoms with Gasteiger partial charge in [0, 0.05) is 30.4 Å². The number of likely N-dealkylation sites (N-methyl/N-ethyl adjacent to an activating group) is 1. The molecule has 1 aliphatic carbocycles. The Kier molecular flexibility index (Phi) is 4.88. The molecule has 0 aromatic carbocycles. The molecular weight excluding hydrogens is 268 g/mol. The first-order valence-corrected chi connectivity index (χ1v) is 8.44. The van der Waals surface area contributed by atoms with Gasteiger partial charge in [0.25, 0.3) is 0 Å². The number of rotatable bonds is 6. The number of hydrogen-bond donors (Lipinski definition) is 1. The van der Waals surface area contributed by atoms with Gasteiger partial charge in [-0.1, -0.05) is 20.8 Å². The van der Waals surface area contributed by atoms with E-state index >= 15 is 0 Å². The molecule has 1 unspecified atom stereocenters. The summed E-state index contributed by atoms with van der Waals surface area (Å²) in [6.07, 6.45) is 5.79. The lowest BCUT2D eigenvalue weighted by Gasteiger charge is -2.42. The number of methoxy groups -OCH3 is 1. The van der Waals surface area contributed by atoms with Gasteiger partial charge in [0.2, 0.25) is 0 Å². The molecule has 1 aromatic rings. The van der Waals surface area contributed by atoms with Crippen LogP contribution in [0.4, 0.5) is 0 Å². The predicted molar refractivity (Wildman–Crippen MR) is 85.6 cm³/mol. The molecule has 3 nitrogen and oxygen atoms in total. The van der Waals surface area contributed by atoms with E-state index in [1.54, 1.807) is 11.3 Å². The Hall–Kier alpha value is -0.450. The van der Waals surface area contributed by atoms with Crippen LogP contribution in [0.2, 0.25) is 0 Å². The molecule has 0 bridgehead atoms. The molecule has 1 aliphatic rings. The predicted octanol–water partition coefficient (Wildman–Crippen LogP) is 3.53. The molecule has 1 N–H and O–H groups in total. The zero-order valence-electron chi connectivity index (χ0n) is 13.5. The van der Waals surface area contributed by atoms with Crippen LogP contribution in [0, 0.1) is 0 Å². The topological polar surface area (TPSA) is 34.2 Å². The molecule has 0 spiro atoms. The van der Waals surface area contributed by atoms with Crippen LogP contribution < -0.4 is 5.32 Å². The molecule has 0 amide bonds. The van der Waals surface area contributed by atoms with Crippen molar-refractivity contribution in [1.29, 1.82) is 0 Å². The molecule has 1 heterocycles. The normalized spacial score (nSPS) is 19.6. The monoisotopic (exact) mass is 296 g/mol. The number of aromatic nitrogens is 1. The Morgan fingerprint density at radius 2 is 2.15 bits per heavy atom. The van der Waals surface area contributed by atoms with Gasteiger partial charge in [0.1, 0.15) is 0 Å². The van der Waals surface area contributed by atoms with E-state index in [9.17, 15) is 0 Å². The van der Waals surface area contributed by atoms with Crippen molar-refractivity contribution in [3.63, 3.8) is 0 Å². The molecular formula is C16H28N2OS. The minimum Gasteiger partial charge on any atom is -0.378 e. The second-order valence-electron chi connectivity index (χ2n) is 7.01. The molecule has 2 rings (SSSR count). The van der Waals surface area contributed by atoms with Gasteiger partial charge < -0.3 is 10.1 Å². The Morgan fingerprint density at radius 3 is 2.55 bits per heavy atom. The van der Waals surface area contributed by atoms with Crippen LogP contribution in [-0.2, 0) is 16.6 Å². The number of nitrogens with zero attached hydrogens (tertiary/aromatic N) is 1. The van der Waals surface area contributed by atoms with E-state index < -0.39 is 0 Å². The molecule has 1 aromatic heterocycles. The van der Waals surface area contributed by atoms with Crippen molar-refractivity contribution < 1.29 is 4.74 Å². The summed E-state index contributed by atoms with van der Waals surface area (Å²) in [6, 6.07) is 0.453. The van der Waals surface area contributed by atoms with E-state index in [1.807, 2.05) is 14.2 Å². The van der Waals surface area contributed by atoms with Crippen LogP contribution in [0.1, 0.15) is 57.2 Å². The average molecular weight is 296 g/mol. The van der Waals surface area contributed by atoms with Gasteiger partial charge in [-0.3, -0.25) is 0 Å². The molecule has 114 valence electrons. The quantitative estimate of drug-likeness (QED) is 0.872. The minimum atomic E-state index is 0.123. The van der Waals surface area contributed by atoms with Gasteiger partial charge in [-0.15, -0.1) is 11.3 Å². The number of ether oxygens (including phenoxy) is 1. The van der Waals surface area contributed by atoms with E-state index in [2.05, 4.69) is 31.5 Å². The van der Waals surface area contributed by atoms with Gasteiger partial charge in [0.15, 0.2) is 0 Å². The van der Waals surface area contributed by atoms with Crippen molar-refractivity contribution in [2.75, 3.05) is 14.2 Å². The Balaban J connectivity index is 1.98. The molecule has 20 heavy (non-hydrogen) atoms. The maximum atomic E-state index is 5.75. The van der Waals surface area contributed by atoms with Crippen molar-refractivity contribution in [2.45, 2.75) is 69.9 Å². The van der Waals surface area contributed by atoms with Gasteiger partial charge in [0.05, 0.1) is 16.3 Å². The smallest absolute Gasteiger partial charge is 0.0944 e. The van der Waals surface area contributed by atoms with Crippen molar-refractivity contribution in [1.82, 2.24) is 10.3 Å². The Labute approximate surface area is 127 Å². The maximum absolute atomic E-state index is 5.75. The molecule has 0 saturated heterocycles. The van der Waals surface area contributed by atoms with Gasteiger partial charge in [-0.2, -0.15) is 0 Å². The number of nitrogens with one attached hydrogen (secondary N) is 1. The van der Waals surface area contributed by atoms with E-state index in [0.29, 0.717) is 6.04 Å². The first-order valence-electron chi connectivity index (χ1n) is 7.56. The highest BCUT2D eigenvalue weighted by atomic mass is 32.1. The van der Waals surface area contributed by atoms with E-state index in [4.69, 9.17) is 9.72 Å². The van der Waals surface area contributed by atoms with Crippen LogP contribution in [0.3, 0.4) is 0 Å². The van der Waals surface area contributed by atoms with Gasteiger partial charge >= 0.3 is 0 Å². The van der Waals surface area contributed by atoms with Crippen molar-refractivity contribution in [3.05, 3.63) is 16.1 Å². The third-order valence-electron chi connectivity index (χ3n) is 4.47. The van der Waals surface area contributed by atoms with E-state index in [0.717, 1.165) is 12.8 Å². The largest absolute Gasteiger partial charge is 0.378 e. The fourth-order valence-electron chi connectivity index (χ4n) is 2.75. The summed E-state index contributed by atoms with van der Waals surface area (Å²) in [4.78, 5) is 4.81. The zero-order valence-corrected chi connectivity index (χ0v) is 14.3. The van der Waals surface area contributed by atoms with Crippen LogP contribution in [-0.4, -0.2) is 30.8 Å². The van der Waals surface area contributed by atoms with Crippen molar-refractivity contribution in [2.24, 2.45) is 0 Å². The second kappa shape index (κ2) is 6.12. The summed E-state index contributed by atoms with van der Waals surface area (Å²) in [7, 11) is 3.90. The second-order valence-corrected chi connectivity index (χ2v) is 7.95.